The molecule has 6 aromatic carbocycles. The minimum Gasteiger partial charge on any atom is -0.456 e. The number of anilines is 3. The van der Waals surface area contributed by atoms with Crippen molar-refractivity contribution in [3.8, 4) is 22.3 Å². The molecule has 0 unspecified atom stereocenters. The van der Waals surface area contributed by atoms with Crippen LogP contribution in [0.2, 0.25) is 0 Å². The number of furan rings is 2. The summed E-state index contributed by atoms with van der Waals surface area (Å²) in [4.78, 5) is 6.59. The lowest BCUT2D eigenvalue weighted by molar-refractivity contribution is 0.668. The van der Waals surface area contributed by atoms with Crippen molar-refractivity contribution in [2.45, 2.75) is 0 Å². The van der Waals surface area contributed by atoms with Crippen LogP contribution in [-0.2, 0) is 0 Å². The molecule has 0 saturated heterocycles. The second-order valence-electron chi connectivity index (χ2n) is 11.2. The third kappa shape index (κ3) is 4.27. The molecule has 3 aromatic heterocycles. The summed E-state index contributed by atoms with van der Waals surface area (Å²) in [6.45, 7) is 0. The first-order valence-corrected chi connectivity index (χ1v) is 15.0. The van der Waals surface area contributed by atoms with Gasteiger partial charge in [0.2, 0.25) is 0 Å². The molecule has 45 heavy (non-hydrogen) atoms. The fourth-order valence-corrected chi connectivity index (χ4v) is 6.41. The Kier molecular flexibility index (Phi) is 5.78. The van der Waals surface area contributed by atoms with Gasteiger partial charge in [0.05, 0.1) is 11.1 Å². The van der Waals surface area contributed by atoms with E-state index in [2.05, 4.69) is 125 Å². The molecule has 0 radical (unpaired) electrons. The average Bonchev–Trinajstić information content (AvgIpc) is 3.68. The Hall–Kier alpha value is -6.13. The predicted molar refractivity (Wildman–Crippen MR) is 184 cm³/mol. The zero-order valence-corrected chi connectivity index (χ0v) is 24.2. The van der Waals surface area contributed by atoms with Gasteiger partial charge in [-0.2, -0.15) is 0 Å². The van der Waals surface area contributed by atoms with Gasteiger partial charge in [0.25, 0.3) is 0 Å². The van der Waals surface area contributed by atoms with Gasteiger partial charge in [-0.15, -0.1) is 0 Å². The summed E-state index contributed by atoms with van der Waals surface area (Å²) < 4.78 is 12.4. The highest BCUT2D eigenvalue weighted by atomic mass is 16.3. The van der Waals surface area contributed by atoms with Gasteiger partial charge in [0.1, 0.15) is 22.3 Å². The van der Waals surface area contributed by atoms with Crippen LogP contribution in [0.1, 0.15) is 0 Å². The van der Waals surface area contributed by atoms with Crippen molar-refractivity contribution in [2.75, 3.05) is 4.90 Å². The van der Waals surface area contributed by atoms with Crippen molar-refractivity contribution in [2.24, 2.45) is 0 Å². The fourth-order valence-electron chi connectivity index (χ4n) is 6.41. The topological polar surface area (TPSA) is 42.4 Å². The van der Waals surface area contributed by atoms with Gasteiger partial charge in [-0.1, -0.05) is 84.9 Å². The van der Waals surface area contributed by atoms with E-state index >= 15 is 0 Å². The molecule has 0 aliphatic heterocycles. The van der Waals surface area contributed by atoms with Crippen LogP contribution in [0.5, 0.6) is 0 Å². The van der Waals surface area contributed by atoms with Crippen LogP contribution in [-0.4, -0.2) is 4.98 Å². The van der Waals surface area contributed by atoms with Crippen LogP contribution in [0.3, 0.4) is 0 Å². The number of hydrogen-bond acceptors (Lipinski definition) is 4. The molecular formula is C41H26N2O2. The van der Waals surface area contributed by atoms with Gasteiger partial charge >= 0.3 is 0 Å². The lowest BCUT2D eigenvalue weighted by atomic mass is 10.0. The molecule has 0 bridgehead atoms. The summed E-state index contributed by atoms with van der Waals surface area (Å²) in [6, 6.07) is 50.8. The number of benzene rings is 6. The molecule has 3 heterocycles. The lowest BCUT2D eigenvalue weighted by Crippen LogP contribution is -2.10. The Morgan fingerprint density at radius 1 is 0.422 bits per heavy atom. The van der Waals surface area contributed by atoms with Crippen LogP contribution in [0.4, 0.5) is 17.1 Å². The smallest absolute Gasteiger partial charge is 0.138 e. The van der Waals surface area contributed by atoms with E-state index in [1.807, 2.05) is 36.5 Å². The van der Waals surface area contributed by atoms with E-state index in [1.165, 1.54) is 11.1 Å². The molecule has 4 nitrogen and oxygen atoms in total. The van der Waals surface area contributed by atoms with Crippen molar-refractivity contribution >= 4 is 60.9 Å². The number of fused-ring (bicyclic) bond motifs is 6. The highest BCUT2D eigenvalue weighted by Crippen LogP contribution is 2.43. The third-order valence-electron chi connectivity index (χ3n) is 8.59. The Morgan fingerprint density at radius 3 is 1.84 bits per heavy atom. The normalized spacial score (nSPS) is 11.6. The maximum Gasteiger partial charge on any atom is 0.138 e. The van der Waals surface area contributed by atoms with E-state index in [0.29, 0.717) is 0 Å². The van der Waals surface area contributed by atoms with E-state index in [1.54, 1.807) is 6.20 Å². The fraction of sp³-hybridized carbons (Fsp3) is 0. The number of pyridine rings is 1. The quantitative estimate of drug-likeness (QED) is 0.204. The van der Waals surface area contributed by atoms with Crippen LogP contribution in [0, 0.1) is 0 Å². The monoisotopic (exact) mass is 578 g/mol. The number of hydrogen-bond donors (Lipinski definition) is 0. The molecule has 0 saturated carbocycles. The van der Waals surface area contributed by atoms with Gasteiger partial charge < -0.3 is 13.7 Å². The van der Waals surface area contributed by atoms with Crippen LogP contribution < -0.4 is 4.90 Å². The van der Waals surface area contributed by atoms with Crippen molar-refractivity contribution in [1.82, 2.24) is 4.98 Å². The molecule has 9 rings (SSSR count). The Morgan fingerprint density at radius 2 is 1.04 bits per heavy atom. The largest absolute Gasteiger partial charge is 0.456 e. The maximum absolute atomic E-state index is 6.29. The molecule has 0 amide bonds. The first-order valence-electron chi connectivity index (χ1n) is 15.0. The lowest BCUT2D eigenvalue weighted by Gasteiger charge is -2.26. The van der Waals surface area contributed by atoms with Gasteiger partial charge in [-0.3, -0.25) is 4.98 Å². The third-order valence-corrected chi connectivity index (χ3v) is 8.59. The number of nitrogens with zero attached hydrogens (tertiary/aromatic N) is 2. The zero-order valence-electron chi connectivity index (χ0n) is 24.2. The maximum atomic E-state index is 6.29. The van der Waals surface area contributed by atoms with E-state index < -0.39 is 0 Å². The first kappa shape index (κ1) is 25.4. The van der Waals surface area contributed by atoms with E-state index in [9.17, 15) is 0 Å². The van der Waals surface area contributed by atoms with Gasteiger partial charge in [0.15, 0.2) is 0 Å². The summed E-state index contributed by atoms with van der Waals surface area (Å²) >= 11 is 0. The molecule has 0 fully saturated rings. The molecule has 4 heteroatoms. The first-order chi connectivity index (χ1) is 22.3. The summed E-state index contributed by atoms with van der Waals surface area (Å²) in [7, 11) is 0. The van der Waals surface area contributed by atoms with E-state index in [4.69, 9.17) is 8.83 Å². The Bertz CT molecular complexity index is 2470. The molecule has 0 aliphatic rings. The predicted octanol–water partition coefficient (Wildman–Crippen LogP) is 11.7. The summed E-state index contributed by atoms with van der Waals surface area (Å²) in [5.41, 5.74) is 11.2. The van der Waals surface area contributed by atoms with E-state index in [-0.39, 0.29) is 0 Å². The molecule has 0 spiro atoms. The molecule has 0 aliphatic carbocycles. The number of aromatic nitrogens is 1. The highest BCUT2D eigenvalue weighted by Gasteiger charge is 2.19. The van der Waals surface area contributed by atoms with Gasteiger partial charge in [-0.25, -0.2) is 0 Å². The zero-order chi connectivity index (χ0) is 29.7. The Balaban J connectivity index is 1.17. The van der Waals surface area contributed by atoms with Crippen molar-refractivity contribution < 1.29 is 8.83 Å². The number of rotatable bonds is 5. The minimum absolute atomic E-state index is 0.849. The molecule has 212 valence electrons. The Labute approximate surface area is 259 Å². The van der Waals surface area contributed by atoms with Crippen LogP contribution >= 0.6 is 0 Å². The summed E-state index contributed by atoms with van der Waals surface area (Å²) in [6.07, 6.45) is 3.62. The van der Waals surface area contributed by atoms with Crippen LogP contribution in [0.15, 0.2) is 167 Å². The second-order valence-corrected chi connectivity index (χ2v) is 11.2. The highest BCUT2D eigenvalue weighted by molar-refractivity contribution is 6.13. The minimum atomic E-state index is 0.849. The number of para-hydroxylation sites is 1. The average molecular weight is 579 g/mol. The van der Waals surface area contributed by atoms with Crippen LogP contribution in [0.25, 0.3) is 66.1 Å². The molecular weight excluding hydrogens is 552 g/mol. The molecule has 0 atom stereocenters. The second kappa shape index (κ2) is 10.2. The van der Waals surface area contributed by atoms with Crippen molar-refractivity contribution in [3.63, 3.8) is 0 Å². The summed E-state index contributed by atoms with van der Waals surface area (Å²) in [5.74, 6) is 0. The van der Waals surface area contributed by atoms with E-state index in [0.717, 1.165) is 72.1 Å². The SMILES string of the molecule is c1ccc(-c2ccc(N(c3ccc(-c4ccc5c(c4)oc4ccncc45)cc3)c3cccc4oc5ccccc5c34)cc2)cc1. The molecule has 9 aromatic rings. The van der Waals surface area contributed by atoms with Gasteiger partial charge in [0, 0.05) is 39.9 Å². The van der Waals surface area contributed by atoms with Crippen molar-refractivity contribution in [3.05, 3.63) is 158 Å². The summed E-state index contributed by atoms with van der Waals surface area (Å²) in [5, 5.41) is 4.29. The molecule has 0 N–H and O–H groups in total. The van der Waals surface area contributed by atoms with Crippen molar-refractivity contribution in [1.29, 1.82) is 0 Å². The standard InChI is InChI=1S/C41H26N2O2/c1-2-7-27(8-3-1)28-13-18-31(19-14-28)43(36-10-6-12-39-41(36)34-9-4-5-11-37(34)44-39)32-20-15-29(16-21-32)30-17-22-33-35-26-42-24-23-38(35)45-40(33)25-30/h1-26H. The van der Waals surface area contributed by atoms with Gasteiger partial charge in [-0.05, 0) is 82.9 Å².